The van der Waals surface area contributed by atoms with Crippen molar-refractivity contribution in [1.29, 1.82) is 0 Å². The molecule has 2 aliphatic carbocycles. The van der Waals surface area contributed by atoms with Crippen molar-refractivity contribution in [2.45, 2.75) is 51.0 Å². The molecule has 1 saturated heterocycles. The fourth-order valence-electron chi connectivity index (χ4n) is 4.97. The van der Waals surface area contributed by atoms with Gasteiger partial charge in [-0.1, -0.05) is 6.42 Å². The number of carbonyl (C=O) groups is 1. The number of fused-ring (bicyclic) bond motifs is 2. The third-order valence-electron chi connectivity index (χ3n) is 5.99. The van der Waals surface area contributed by atoms with Crippen LogP contribution < -0.4 is 0 Å². The second-order valence-electron chi connectivity index (χ2n) is 7.16. The van der Waals surface area contributed by atoms with E-state index in [1.165, 1.54) is 31.2 Å². The van der Waals surface area contributed by atoms with Gasteiger partial charge in [-0.3, -0.25) is 9.78 Å². The molecular formula is C18H24N2O. The van der Waals surface area contributed by atoms with Crippen LogP contribution in [0.5, 0.6) is 0 Å². The average molecular weight is 284 g/mol. The Morgan fingerprint density at radius 1 is 1.19 bits per heavy atom. The summed E-state index contributed by atoms with van der Waals surface area (Å²) in [5.41, 5.74) is 1.25. The largest absolute Gasteiger partial charge is 0.336 e. The van der Waals surface area contributed by atoms with Gasteiger partial charge in [0, 0.05) is 25.4 Å². The van der Waals surface area contributed by atoms with Crippen molar-refractivity contribution in [3.8, 4) is 0 Å². The molecule has 1 aromatic heterocycles. The van der Waals surface area contributed by atoms with Crippen LogP contribution in [0.1, 0.15) is 56.6 Å². The SMILES string of the molecule is O=C(CC1CC2CCC1C2)N1CCCC1c1ccncc1. The van der Waals surface area contributed by atoms with E-state index in [0.717, 1.165) is 37.6 Å². The number of carbonyl (C=O) groups excluding carboxylic acids is 1. The number of aromatic nitrogens is 1. The van der Waals surface area contributed by atoms with Crippen LogP contribution in [-0.4, -0.2) is 22.3 Å². The maximum Gasteiger partial charge on any atom is 0.223 e. The Kier molecular flexibility index (Phi) is 3.44. The smallest absolute Gasteiger partial charge is 0.223 e. The molecule has 2 heterocycles. The summed E-state index contributed by atoms with van der Waals surface area (Å²) in [5, 5.41) is 0. The summed E-state index contributed by atoms with van der Waals surface area (Å²) in [7, 11) is 0. The number of hydrogen-bond donors (Lipinski definition) is 0. The molecule has 0 spiro atoms. The van der Waals surface area contributed by atoms with Gasteiger partial charge in [-0.25, -0.2) is 0 Å². The number of likely N-dealkylation sites (tertiary alicyclic amines) is 1. The predicted octanol–water partition coefficient (Wildman–Crippen LogP) is 3.57. The lowest BCUT2D eigenvalue weighted by atomic mass is 9.86. The maximum absolute atomic E-state index is 12.8. The monoisotopic (exact) mass is 284 g/mol. The summed E-state index contributed by atoms with van der Waals surface area (Å²) < 4.78 is 0. The maximum atomic E-state index is 12.8. The van der Waals surface area contributed by atoms with E-state index in [0.29, 0.717) is 17.9 Å². The van der Waals surface area contributed by atoms with Gasteiger partial charge in [0.1, 0.15) is 0 Å². The second kappa shape index (κ2) is 5.43. The Morgan fingerprint density at radius 3 is 2.76 bits per heavy atom. The van der Waals surface area contributed by atoms with Gasteiger partial charge in [0.25, 0.3) is 0 Å². The average Bonchev–Trinajstić information content (AvgIpc) is 3.24. The number of rotatable bonds is 3. The summed E-state index contributed by atoms with van der Waals surface area (Å²) in [4.78, 5) is 19.0. The van der Waals surface area contributed by atoms with Crippen LogP contribution in [0.2, 0.25) is 0 Å². The number of pyridine rings is 1. The van der Waals surface area contributed by atoms with Crippen molar-refractivity contribution in [3.63, 3.8) is 0 Å². The molecule has 3 heteroatoms. The molecule has 0 radical (unpaired) electrons. The molecule has 0 N–H and O–H groups in total. The van der Waals surface area contributed by atoms with E-state index in [1.807, 2.05) is 12.4 Å². The van der Waals surface area contributed by atoms with E-state index in [2.05, 4.69) is 22.0 Å². The van der Waals surface area contributed by atoms with Gasteiger partial charge < -0.3 is 4.90 Å². The lowest BCUT2D eigenvalue weighted by Gasteiger charge is -2.28. The van der Waals surface area contributed by atoms with Crippen LogP contribution >= 0.6 is 0 Å². The van der Waals surface area contributed by atoms with Crippen LogP contribution in [0.3, 0.4) is 0 Å². The van der Waals surface area contributed by atoms with Crippen LogP contribution in [0.25, 0.3) is 0 Å². The first kappa shape index (κ1) is 13.3. The lowest BCUT2D eigenvalue weighted by molar-refractivity contribution is -0.133. The standard InChI is InChI=1S/C18H24N2O/c21-18(12-16-11-13-3-4-15(16)10-13)20-9-1-2-17(20)14-5-7-19-8-6-14/h5-8,13,15-17H,1-4,9-12H2. The molecular weight excluding hydrogens is 260 g/mol. The van der Waals surface area contributed by atoms with Gasteiger partial charge in [0.2, 0.25) is 5.91 Å². The molecule has 0 aromatic carbocycles. The first-order valence-corrected chi connectivity index (χ1v) is 8.50. The third-order valence-corrected chi connectivity index (χ3v) is 5.99. The molecule has 1 amide bonds. The summed E-state index contributed by atoms with van der Waals surface area (Å²) in [6.45, 7) is 0.937. The number of hydrogen-bond acceptors (Lipinski definition) is 2. The van der Waals surface area contributed by atoms with Crippen molar-refractivity contribution in [1.82, 2.24) is 9.88 Å². The normalized spacial score (nSPS) is 34.6. The Labute approximate surface area is 126 Å². The highest BCUT2D eigenvalue weighted by Crippen LogP contribution is 2.50. The number of amides is 1. The molecule has 4 unspecified atom stereocenters. The third kappa shape index (κ3) is 2.47. The molecule has 2 saturated carbocycles. The highest BCUT2D eigenvalue weighted by atomic mass is 16.2. The molecule has 4 atom stereocenters. The van der Waals surface area contributed by atoms with E-state index in [4.69, 9.17) is 0 Å². The van der Waals surface area contributed by atoms with Gasteiger partial charge in [-0.05, 0) is 67.6 Å². The number of nitrogens with zero attached hydrogens (tertiary/aromatic N) is 2. The fraction of sp³-hybridized carbons (Fsp3) is 0.667. The van der Waals surface area contributed by atoms with Gasteiger partial charge in [-0.15, -0.1) is 0 Å². The van der Waals surface area contributed by atoms with Crippen LogP contribution in [0, 0.1) is 17.8 Å². The molecule has 3 aliphatic rings. The van der Waals surface area contributed by atoms with Crippen LogP contribution in [0.15, 0.2) is 24.5 Å². The Hall–Kier alpha value is -1.38. The van der Waals surface area contributed by atoms with Gasteiger partial charge in [0.05, 0.1) is 6.04 Å². The molecule has 1 aliphatic heterocycles. The van der Waals surface area contributed by atoms with Crippen LogP contribution in [-0.2, 0) is 4.79 Å². The van der Waals surface area contributed by atoms with E-state index in [-0.39, 0.29) is 0 Å². The molecule has 21 heavy (non-hydrogen) atoms. The van der Waals surface area contributed by atoms with Crippen molar-refractivity contribution < 1.29 is 4.79 Å². The van der Waals surface area contributed by atoms with E-state index in [1.54, 1.807) is 0 Å². The molecule has 4 rings (SSSR count). The Morgan fingerprint density at radius 2 is 2.05 bits per heavy atom. The summed E-state index contributed by atoms with van der Waals surface area (Å²) in [6.07, 6.45) is 12.2. The van der Waals surface area contributed by atoms with Gasteiger partial charge >= 0.3 is 0 Å². The minimum absolute atomic E-state index is 0.291. The Bertz CT molecular complexity index is 515. The van der Waals surface area contributed by atoms with Crippen molar-refractivity contribution >= 4 is 5.91 Å². The lowest BCUT2D eigenvalue weighted by Crippen LogP contribution is -2.32. The molecule has 3 nitrogen and oxygen atoms in total. The van der Waals surface area contributed by atoms with Crippen molar-refractivity contribution in [2.24, 2.45) is 17.8 Å². The minimum Gasteiger partial charge on any atom is -0.336 e. The molecule has 1 aromatic rings. The first-order chi connectivity index (χ1) is 10.3. The van der Waals surface area contributed by atoms with E-state index < -0.39 is 0 Å². The zero-order valence-electron chi connectivity index (χ0n) is 12.6. The first-order valence-electron chi connectivity index (χ1n) is 8.50. The van der Waals surface area contributed by atoms with Crippen molar-refractivity contribution in [3.05, 3.63) is 30.1 Å². The second-order valence-corrected chi connectivity index (χ2v) is 7.16. The van der Waals surface area contributed by atoms with E-state index in [9.17, 15) is 4.79 Å². The quantitative estimate of drug-likeness (QED) is 0.850. The fourth-order valence-corrected chi connectivity index (χ4v) is 4.97. The summed E-state index contributed by atoms with van der Waals surface area (Å²) in [5.74, 6) is 2.85. The highest BCUT2D eigenvalue weighted by molar-refractivity contribution is 5.77. The van der Waals surface area contributed by atoms with Gasteiger partial charge in [-0.2, -0.15) is 0 Å². The van der Waals surface area contributed by atoms with Crippen LogP contribution in [0.4, 0.5) is 0 Å². The molecule has 112 valence electrons. The Balaban J connectivity index is 1.44. The summed E-state index contributed by atoms with van der Waals surface area (Å²) >= 11 is 0. The van der Waals surface area contributed by atoms with Gasteiger partial charge in [0.15, 0.2) is 0 Å². The summed E-state index contributed by atoms with van der Waals surface area (Å²) in [6, 6.07) is 4.42. The zero-order chi connectivity index (χ0) is 14.2. The predicted molar refractivity (Wildman–Crippen MR) is 81.5 cm³/mol. The van der Waals surface area contributed by atoms with E-state index >= 15 is 0 Å². The zero-order valence-corrected chi connectivity index (χ0v) is 12.6. The highest BCUT2D eigenvalue weighted by Gasteiger charge is 2.41. The minimum atomic E-state index is 0.291. The van der Waals surface area contributed by atoms with Crippen molar-refractivity contribution in [2.75, 3.05) is 6.54 Å². The topological polar surface area (TPSA) is 33.2 Å². The molecule has 2 bridgehead atoms. The molecule has 3 fully saturated rings.